The number of aromatic hydroxyl groups is 1. The number of nitrogens with zero attached hydrogens (tertiary/aromatic N) is 2. The number of hydrogen-bond acceptors (Lipinski definition) is 6. The van der Waals surface area contributed by atoms with Crippen LogP contribution in [-0.4, -0.2) is 21.9 Å². The van der Waals surface area contributed by atoms with Gasteiger partial charge in [0.15, 0.2) is 11.5 Å². The Kier molecular flexibility index (Phi) is 4.69. The number of Topliss-reactive ketones (excluding diaryl/α,β-unsaturated/α-hetero) is 1. The molecule has 3 aromatic carbocycles. The normalized spacial score (nSPS) is 15.8. The first kappa shape index (κ1) is 20.1. The molecule has 160 valence electrons. The van der Waals surface area contributed by atoms with Gasteiger partial charge in [0.25, 0.3) is 5.91 Å². The molecule has 0 bridgehead atoms. The number of anilines is 1. The zero-order valence-corrected chi connectivity index (χ0v) is 17.1. The maximum atomic E-state index is 13.5. The molecule has 7 heteroatoms. The summed E-state index contributed by atoms with van der Waals surface area (Å²) in [5.41, 5.74) is 1.69. The molecular weight excluding hydrogens is 420 g/mol. The molecule has 0 spiro atoms. The van der Waals surface area contributed by atoms with Crippen molar-refractivity contribution in [2.45, 2.75) is 6.04 Å². The number of aliphatic hydroxyl groups excluding tert-OH is 1. The Morgan fingerprint density at radius 3 is 2.33 bits per heavy atom. The summed E-state index contributed by atoms with van der Waals surface area (Å²) in [5.74, 6) is -2.03. The Morgan fingerprint density at radius 2 is 1.67 bits per heavy atom. The molecule has 1 amide bonds. The van der Waals surface area contributed by atoms with Crippen molar-refractivity contribution in [1.82, 2.24) is 0 Å². The molecule has 4 aromatic rings. The van der Waals surface area contributed by atoms with E-state index in [1.807, 2.05) is 12.1 Å². The van der Waals surface area contributed by atoms with Crippen molar-refractivity contribution >= 4 is 28.3 Å². The van der Waals surface area contributed by atoms with Crippen LogP contribution in [0, 0.1) is 11.3 Å². The van der Waals surface area contributed by atoms with E-state index in [9.17, 15) is 19.8 Å². The molecular formula is C26H16N2O5. The summed E-state index contributed by atoms with van der Waals surface area (Å²) in [5, 5.41) is 30.3. The highest BCUT2D eigenvalue weighted by atomic mass is 16.3. The highest BCUT2D eigenvalue weighted by molar-refractivity contribution is 6.20. The van der Waals surface area contributed by atoms with Crippen LogP contribution < -0.4 is 4.90 Å². The Bertz CT molecular complexity index is 1440. The van der Waals surface area contributed by atoms with Crippen molar-refractivity contribution in [1.29, 1.82) is 5.26 Å². The number of fused-ring (bicyclic) bond motifs is 1. The van der Waals surface area contributed by atoms with Gasteiger partial charge in [0.05, 0.1) is 23.2 Å². The molecule has 0 saturated heterocycles. The fourth-order valence-electron chi connectivity index (χ4n) is 4.00. The molecule has 1 aromatic heterocycles. The second-order valence-corrected chi connectivity index (χ2v) is 7.57. The van der Waals surface area contributed by atoms with Crippen LogP contribution in [0.5, 0.6) is 5.75 Å². The lowest BCUT2D eigenvalue weighted by Gasteiger charge is -2.26. The van der Waals surface area contributed by atoms with Crippen LogP contribution in [0.4, 0.5) is 5.69 Å². The average molecular weight is 436 g/mol. The number of phenols is 1. The minimum absolute atomic E-state index is 0.00370. The largest absolute Gasteiger partial charge is 0.508 e. The Hall–Kier alpha value is -4.83. The number of phenolic OH excluding ortho intramolecular Hbond substituents is 1. The van der Waals surface area contributed by atoms with Gasteiger partial charge in [-0.1, -0.05) is 30.3 Å². The number of hydrogen-bond donors (Lipinski definition) is 2. The third-order valence-electron chi connectivity index (χ3n) is 5.59. The van der Waals surface area contributed by atoms with Gasteiger partial charge in [0.2, 0.25) is 5.78 Å². The number of nitriles is 1. The van der Waals surface area contributed by atoms with Crippen molar-refractivity contribution in [3.63, 3.8) is 0 Å². The first-order chi connectivity index (χ1) is 16.0. The number of carbonyl (C=O) groups excluding carboxylic acids is 2. The van der Waals surface area contributed by atoms with E-state index in [-0.39, 0.29) is 17.1 Å². The second kappa shape index (κ2) is 7.70. The fraction of sp³-hybridized carbons (Fsp3) is 0.0385. The zero-order chi connectivity index (χ0) is 23.1. The van der Waals surface area contributed by atoms with Gasteiger partial charge in [-0.2, -0.15) is 5.26 Å². The molecule has 5 rings (SSSR count). The Labute approximate surface area is 188 Å². The first-order valence-electron chi connectivity index (χ1n) is 10.1. The van der Waals surface area contributed by atoms with Crippen molar-refractivity contribution in [3.8, 4) is 11.8 Å². The number of para-hydroxylation sites is 1. The molecule has 7 nitrogen and oxygen atoms in total. The summed E-state index contributed by atoms with van der Waals surface area (Å²) in [7, 11) is 0. The van der Waals surface area contributed by atoms with Crippen molar-refractivity contribution in [2.24, 2.45) is 0 Å². The topological polar surface area (TPSA) is 115 Å². The third kappa shape index (κ3) is 3.30. The lowest BCUT2D eigenvalue weighted by Crippen LogP contribution is -2.31. The SMILES string of the molecule is N#Cc1ccc(N2C(=O)C(O)=C(C(=O)c3cc4ccccc4o3)C2c2ccc(O)cc2)cc1. The molecule has 0 aliphatic carbocycles. The van der Waals surface area contributed by atoms with Gasteiger partial charge < -0.3 is 14.6 Å². The van der Waals surface area contributed by atoms with Crippen LogP contribution in [0.15, 0.2) is 94.6 Å². The monoisotopic (exact) mass is 436 g/mol. The lowest BCUT2D eigenvalue weighted by atomic mass is 9.94. The van der Waals surface area contributed by atoms with Crippen LogP contribution >= 0.6 is 0 Å². The van der Waals surface area contributed by atoms with Crippen molar-refractivity contribution < 1.29 is 24.2 Å². The smallest absolute Gasteiger partial charge is 0.294 e. The van der Waals surface area contributed by atoms with Gasteiger partial charge in [0.1, 0.15) is 11.3 Å². The molecule has 0 radical (unpaired) electrons. The zero-order valence-electron chi connectivity index (χ0n) is 17.1. The maximum Gasteiger partial charge on any atom is 0.294 e. The minimum Gasteiger partial charge on any atom is -0.508 e. The Balaban J connectivity index is 1.65. The summed E-state index contributed by atoms with van der Waals surface area (Å²) in [6.45, 7) is 0. The molecule has 1 aliphatic heterocycles. The maximum absolute atomic E-state index is 13.5. The number of carbonyl (C=O) groups is 2. The fourth-order valence-corrected chi connectivity index (χ4v) is 4.00. The summed E-state index contributed by atoms with van der Waals surface area (Å²) < 4.78 is 5.70. The van der Waals surface area contributed by atoms with E-state index in [0.717, 1.165) is 5.39 Å². The van der Waals surface area contributed by atoms with Crippen LogP contribution in [0.3, 0.4) is 0 Å². The van der Waals surface area contributed by atoms with E-state index in [2.05, 4.69) is 0 Å². The van der Waals surface area contributed by atoms with Gasteiger partial charge in [0, 0.05) is 11.1 Å². The molecule has 1 unspecified atom stereocenters. The van der Waals surface area contributed by atoms with E-state index in [1.165, 1.54) is 17.0 Å². The number of rotatable bonds is 4. The van der Waals surface area contributed by atoms with Gasteiger partial charge in [-0.05, 0) is 54.1 Å². The molecule has 1 atom stereocenters. The molecule has 0 fully saturated rings. The number of benzene rings is 3. The van der Waals surface area contributed by atoms with Crippen LogP contribution in [0.25, 0.3) is 11.0 Å². The summed E-state index contributed by atoms with van der Waals surface area (Å²) >= 11 is 0. The van der Waals surface area contributed by atoms with Crippen molar-refractivity contribution in [3.05, 3.63) is 107 Å². The predicted octanol–water partition coefficient (Wildman–Crippen LogP) is 4.79. The van der Waals surface area contributed by atoms with E-state index in [0.29, 0.717) is 22.4 Å². The summed E-state index contributed by atoms with van der Waals surface area (Å²) in [6.07, 6.45) is 0. The first-order valence-corrected chi connectivity index (χ1v) is 10.1. The van der Waals surface area contributed by atoms with Crippen LogP contribution in [0.1, 0.15) is 27.7 Å². The number of aliphatic hydroxyl groups is 1. The number of furan rings is 1. The summed E-state index contributed by atoms with van der Waals surface area (Å²) in [4.78, 5) is 28.0. The van der Waals surface area contributed by atoms with Crippen LogP contribution in [0.2, 0.25) is 0 Å². The molecule has 1 aliphatic rings. The minimum atomic E-state index is -0.966. The molecule has 2 N–H and O–H groups in total. The third-order valence-corrected chi connectivity index (χ3v) is 5.59. The molecule has 33 heavy (non-hydrogen) atoms. The van der Waals surface area contributed by atoms with Crippen molar-refractivity contribution in [2.75, 3.05) is 4.90 Å². The standard InChI is InChI=1S/C26H16N2O5/c27-14-15-5-9-18(10-6-15)28-23(16-7-11-19(29)12-8-16)22(25(31)26(28)32)24(30)21-13-17-3-1-2-4-20(17)33-21/h1-13,23,29,31H. The second-order valence-electron chi connectivity index (χ2n) is 7.57. The average Bonchev–Trinajstić information content (AvgIpc) is 3.39. The van der Waals surface area contributed by atoms with E-state index >= 15 is 0 Å². The molecule has 0 saturated carbocycles. The van der Waals surface area contributed by atoms with Gasteiger partial charge >= 0.3 is 0 Å². The van der Waals surface area contributed by atoms with E-state index in [4.69, 9.17) is 9.68 Å². The number of ketones is 1. The van der Waals surface area contributed by atoms with Crippen LogP contribution in [-0.2, 0) is 4.79 Å². The quantitative estimate of drug-likeness (QED) is 0.445. The summed E-state index contributed by atoms with van der Waals surface area (Å²) in [6, 6.07) is 22.0. The van der Waals surface area contributed by atoms with Gasteiger partial charge in [-0.25, -0.2) is 0 Å². The highest BCUT2D eigenvalue weighted by Crippen LogP contribution is 2.42. The molecule has 2 heterocycles. The van der Waals surface area contributed by atoms with E-state index in [1.54, 1.807) is 60.7 Å². The lowest BCUT2D eigenvalue weighted by molar-refractivity contribution is -0.117. The highest BCUT2D eigenvalue weighted by Gasteiger charge is 2.45. The van der Waals surface area contributed by atoms with E-state index < -0.39 is 23.5 Å². The predicted molar refractivity (Wildman–Crippen MR) is 120 cm³/mol. The van der Waals surface area contributed by atoms with Gasteiger partial charge in [-0.15, -0.1) is 0 Å². The Morgan fingerprint density at radius 1 is 0.970 bits per heavy atom. The van der Waals surface area contributed by atoms with Gasteiger partial charge in [-0.3, -0.25) is 14.5 Å². The number of amides is 1.